The third-order valence-electron chi connectivity index (χ3n) is 3.73. The summed E-state index contributed by atoms with van der Waals surface area (Å²) in [6.07, 6.45) is 0.788. The van der Waals surface area contributed by atoms with E-state index in [0.29, 0.717) is 0 Å². The van der Waals surface area contributed by atoms with Gasteiger partial charge in [0.1, 0.15) is 5.69 Å². The van der Waals surface area contributed by atoms with Crippen LogP contribution in [0.1, 0.15) is 10.4 Å². The van der Waals surface area contributed by atoms with Gasteiger partial charge >= 0.3 is 19.2 Å². The number of anilines is 1. The van der Waals surface area contributed by atoms with Crippen LogP contribution in [0.5, 0.6) is 0 Å². The molecule has 0 aliphatic heterocycles. The average Bonchev–Trinajstić information content (AvgIpc) is 2.67. The van der Waals surface area contributed by atoms with Crippen LogP contribution in [0.4, 0.5) is 17.1 Å². The summed E-state index contributed by atoms with van der Waals surface area (Å²) in [4.78, 5) is 52.2. The van der Waals surface area contributed by atoms with Crippen molar-refractivity contribution >= 4 is 56.8 Å². The van der Waals surface area contributed by atoms with Crippen LogP contribution in [0.15, 0.2) is 12.1 Å². The van der Waals surface area contributed by atoms with Crippen LogP contribution < -0.4 is 10.2 Å². The summed E-state index contributed by atoms with van der Waals surface area (Å²) < 4.78 is 42.0. The number of rotatable bonds is 14. The van der Waals surface area contributed by atoms with Gasteiger partial charge in [-0.1, -0.05) is 15.9 Å². The number of amides is 1. The fourth-order valence-electron chi connectivity index (χ4n) is 2.56. The van der Waals surface area contributed by atoms with E-state index in [-0.39, 0.29) is 24.0 Å². The first-order valence-electron chi connectivity index (χ1n) is 8.77. The van der Waals surface area contributed by atoms with E-state index in [4.69, 9.17) is 9.79 Å². The van der Waals surface area contributed by atoms with Crippen LogP contribution in [-0.4, -0.2) is 78.4 Å². The first-order valence-corrected chi connectivity index (χ1v) is 13.2. The average molecular weight is 579 g/mol. The van der Waals surface area contributed by atoms with Crippen LogP contribution in [0, 0.1) is 20.2 Å². The molecule has 16 nitrogen and oxygen atoms in total. The molecule has 1 amide bonds. The van der Waals surface area contributed by atoms with E-state index in [1.54, 1.807) is 0 Å². The van der Waals surface area contributed by atoms with Gasteiger partial charge in [-0.05, 0) is 6.07 Å². The van der Waals surface area contributed by atoms with Gasteiger partial charge in [-0.3, -0.25) is 33.7 Å². The van der Waals surface area contributed by atoms with Crippen LogP contribution in [0.25, 0.3) is 0 Å². The number of nitro groups is 2. The zero-order chi connectivity index (χ0) is 25.4. The van der Waals surface area contributed by atoms with Crippen molar-refractivity contribution in [3.63, 3.8) is 0 Å². The molecule has 0 fully saturated rings. The number of alkyl halides is 1. The quantitative estimate of drug-likeness (QED) is 0.0683. The van der Waals surface area contributed by atoms with Gasteiger partial charge in [0.05, 0.1) is 34.9 Å². The maximum absolute atomic E-state index is 12.7. The van der Waals surface area contributed by atoms with Crippen LogP contribution in [-0.2, 0) is 23.4 Å². The van der Waals surface area contributed by atoms with Crippen LogP contribution >= 0.6 is 23.8 Å². The monoisotopic (exact) mass is 578 g/mol. The molecule has 0 radical (unpaired) electrons. The minimum atomic E-state index is -4.79. The molecule has 33 heavy (non-hydrogen) atoms. The second-order valence-electron chi connectivity index (χ2n) is 6.13. The van der Waals surface area contributed by atoms with Crippen molar-refractivity contribution in [3.05, 3.63) is 37.9 Å². The number of carbonyl (C=O) groups is 1. The fourth-order valence-corrected chi connectivity index (χ4v) is 3.69. The number of nitrogens with zero attached hydrogens (tertiary/aromatic N) is 3. The van der Waals surface area contributed by atoms with Crippen LogP contribution in [0.2, 0.25) is 0 Å². The van der Waals surface area contributed by atoms with Crippen molar-refractivity contribution in [1.29, 1.82) is 0 Å². The Morgan fingerprint density at radius 1 is 1.21 bits per heavy atom. The standard InChI is InChI=1S/C14H20BrN4O12PS/c1-33(28,29)31-9-7-17(6-4-15)12-10(14(20)16-5-8-30-32(25,26)27)2-3-11(18(21)22)13(12)19(23)24/h2-3H,4-9H2,1H3,(H,16,20)(H2,25,26,27). The van der Waals surface area contributed by atoms with Crippen molar-refractivity contribution in [1.82, 2.24) is 5.32 Å². The largest absolute Gasteiger partial charge is 0.469 e. The highest BCUT2D eigenvalue weighted by molar-refractivity contribution is 9.09. The maximum atomic E-state index is 12.7. The molecule has 0 aliphatic rings. The second-order valence-corrected chi connectivity index (χ2v) is 9.80. The molecule has 0 heterocycles. The molecule has 0 aliphatic carbocycles. The predicted octanol–water partition coefficient (Wildman–Crippen LogP) is 0.520. The Labute approximate surface area is 195 Å². The number of nitrogens with one attached hydrogen (secondary N) is 1. The third kappa shape index (κ3) is 9.66. The van der Waals surface area contributed by atoms with Crippen molar-refractivity contribution < 1.29 is 46.1 Å². The third-order valence-corrected chi connectivity index (χ3v) is 5.20. The van der Waals surface area contributed by atoms with Gasteiger partial charge in [0.15, 0.2) is 0 Å². The summed E-state index contributed by atoms with van der Waals surface area (Å²) in [5.74, 6) is -0.957. The summed E-state index contributed by atoms with van der Waals surface area (Å²) in [7, 11) is -8.64. The fraction of sp³-hybridized carbons (Fsp3) is 0.500. The van der Waals surface area contributed by atoms with Gasteiger partial charge in [0.2, 0.25) is 0 Å². The number of nitro benzene ring substituents is 2. The molecule has 19 heteroatoms. The van der Waals surface area contributed by atoms with Crippen molar-refractivity contribution in [2.75, 3.05) is 49.3 Å². The highest BCUT2D eigenvalue weighted by Crippen LogP contribution is 2.40. The van der Waals surface area contributed by atoms with E-state index in [9.17, 15) is 38.0 Å². The molecule has 0 saturated carbocycles. The smallest absolute Gasteiger partial charge is 0.362 e. The Morgan fingerprint density at radius 3 is 2.33 bits per heavy atom. The summed E-state index contributed by atoms with van der Waals surface area (Å²) in [6, 6.07) is 1.74. The number of carbonyl (C=O) groups excluding carboxylic acids is 1. The Bertz CT molecular complexity index is 1050. The van der Waals surface area contributed by atoms with E-state index in [1.807, 2.05) is 0 Å². The van der Waals surface area contributed by atoms with Crippen molar-refractivity contribution in [2.45, 2.75) is 0 Å². The molecule has 1 rings (SSSR count). The lowest BCUT2D eigenvalue weighted by Gasteiger charge is -2.25. The predicted molar refractivity (Wildman–Crippen MR) is 117 cm³/mol. The molecule has 0 bridgehead atoms. The Hall–Kier alpha value is -2.21. The lowest BCUT2D eigenvalue weighted by Crippen LogP contribution is -2.34. The number of hydrogen-bond donors (Lipinski definition) is 3. The zero-order valence-electron chi connectivity index (χ0n) is 16.9. The highest BCUT2D eigenvalue weighted by Gasteiger charge is 2.35. The van der Waals surface area contributed by atoms with Gasteiger partial charge in [-0.2, -0.15) is 8.42 Å². The number of phosphoric ester groups is 1. The second kappa shape index (κ2) is 12.3. The molecule has 0 spiro atoms. The number of benzene rings is 1. The van der Waals surface area contributed by atoms with Crippen molar-refractivity contribution in [2.24, 2.45) is 0 Å². The lowest BCUT2D eigenvalue weighted by atomic mass is 10.1. The molecule has 0 aromatic heterocycles. The van der Waals surface area contributed by atoms with Gasteiger partial charge in [-0.25, -0.2) is 4.57 Å². The molecule has 0 saturated heterocycles. The summed E-state index contributed by atoms with van der Waals surface area (Å²) in [5.41, 5.74) is -2.73. The topological polar surface area (TPSA) is 229 Å². The van der Waals surface area contributed by atoms with E-state index in [1.165, 1.54) is 4.90 Å². The van der Waals surface area contributed by atoms with Crippen LogP contribution in [0.3, 0.4) is 0 Å². The summed E-state index contributed by atoms with van der Waals surface area (Å²) in [5, 5.41) is 25.5. The van der Waals surface area contributed by atoms with E-state index in [2.05, 4.69) is 30.0 Å². The molecule has 1 aromatic rings. The van der Waals surface area contributed by atoms with Crippen molar-refractivity contribution in [3.8, 4) is 0 Å². The Kier molecular flexibility index (Phi) is 10.8. The molecule has 0 atom stereocenters. The number of phosphoric acid groups is 1. The van der Waals surface area contributed by atoms with Gasteiger partial charge in [0, 0.05) is 31.0 Å². The van der Waals surface area contributed by atoms with Gasteiger partial charge in [0.25, 0.3) is 16.0 Å². The van der Waals surface area contributed by atoms with E-state index >= 15 is 0 Å². The Balaban J connectivity index is 3.44. The summed E-state index contributed by atoms with van der Waals surface area (Å²) in [6.45, 7) is -1.78. The normalized spacial score (nSPS) is 11.8. The minimum absolute atomic E-state index is 0.0310. The zero-order valence-corrected chi connectivity index (χ0v) is 20.2. The molecule has 186 valence electrons. The number of hydrogen-bond acceptors (Lipinski definition) is 11. The Morgan fingerprint density at radius 2 is 1.85 bits per heavy atom. The molecule has 3 N–H and O–H groups in total. The first-order chi connectivity index (χ1) is 15.2. The highest BCUT2D eigenvalue weighted by atomic mass is 79.9. The maximum Gasteiger partial charge on any atom is 0.469 e. The molecular formula is C14H20BrN4O12PS. The SMILES string of the molecule is CS(=O)(=O)OCCN(CCBr)c1c(C(=O)NCCOP(=O)(O)O)ccc([N+](=O)[O-])c1[N+](=O)[O-]. The van der Waals surface area contributed by atoms with Gasteiger partial charge < -0.3 is 20.0 Å². The van der Waals surface area contributed by atoms with E-state index in [0.717, 1.165) is 18.4 Å². The van der Waals surface area contributed by atoms with Gasteiger partial charge in [-0.15, -0.1) is 0 Å². The molecule has 1 aromatic carbocycles. The first kappa shape index (κ1) is 28.8. The minimum Gasteiger partial charge on any atom is -0.362 e. The molecule has 0 unspecified atom stereocenters. The number of halogens is 1. The lowest BCUT2D eigenvalue weighted by molar-refractivity contribution is -0.422. The van der Waals surface area contributed by atoms with E-state index < -0.39 is 70.5 Å². The summed E-state index contributed by atoms with van der Waals surface area (Å²) >= 11 is 3.12. The molecular weight excluding hydrogens is 559 g/mol.